The van der Waals surface area contributed by atoms with Crippen LogP contribution in [0.3, 0.4) is 0 Å². The first-order valence-electron chi connectivity index (χ1n) is 8.31. The van der Waals surface area contributed by atoms with E-state index in [-0.39, 0.29) is 17.5 Å². The Balaban J connectivity index is 2.26. The first kappa shape index (κ1) is 19.6. The Kier molecular flexibility index (Phi) is 5.19. The summed E-state index contributed by atoms with van der Waals surface area (Å²) in [5.74, 6) is -1.63. The highest BCUT2D eigenvalue weighted by Crippen LogP contribution is 2.40. The van der Waals surface area contributed by atoms with Crippen molar-refractivity contribution >= 4 is 0 Å². The van der Waals surface area contributed by atoms with Crippen molar-refractivity contribution in [1.82, 2.24) is 0 Å². The van der Waals surface area contributed by atoms with Gasteiger partial charge in [-0.15, -0.1) is 0 Å². The van der Waals surface area contributed by atoms with Gasteiger partial charge in [0.25, 0.3) is 5.54 Å². The average Bonchev–Trinajstić information content (AvgIpc) is 2.66. The van der Waals surface area contributed by atoms with Gasteiger partial charge in [0.1, 0.15) is 11.6 Å². The van der Waals surface area contributed by atoms with Crippen LogP contribution in [0.4, 0.5) is 22.0 Å². The molecule has 0 amide bonds. The lowest BCUT2D eigenvalue weighted by molar-refractivity contribution is -0.137. The van der Waals surface area contributed by atoms with Crippen LogP contribution in [0, 0.1) is 18.2 Å². The highest BCUT2D eigenvalue weighted by molar-refractivity contribution is 5.46. The molecule has 0 N–H and O–H groups in total. The van der Waals surface area contributed by atoms with Crippen LogP contribution < -0.4 is 0 Å². The molecule has 3 aromatic carbocycles. The Labute approximate surface area is 158 Å². The second-order valence-corrected chi connectivity index (χ2v) is 6.37. The Morgan fingerprint density at radius 1 is 0.714 bits per heavy atom. The van der Waals surface area contributed by atoms with Crippen LogP contribution in [0.25, 0.3) is 4.85 Å². The summed E-state index contributed by atoms with van der Waals surface area (Å²) >= 11 is 0. The van der Waals surface area contributed by atoms with Gasteiger partial charge in [-0.3, -0.25) is 4.85 Å². The number of alkyl halides is 3. The summed E-state index contributed by atoms with van der Waals surface area (Å²) in [5, 5.41) is 0. The van der Waals surface area contributed by atoms with E-state index in [0.29, 0.717) is 11.6 Å². The maximum absolute atomic E-state index is 14.1. The normalized spacial score (nSPS) is 13.6. The summed E-state index contributed by atoms with van der Waals surface area (Å²) in [7, 11) is 0. The number of rotatable bonds is 4. The lowest BCUT2D eigenvalue weighted by atomic mass is 9.78. The molecule has 28 heavy (non-hydrogen) atoms. The summed E-state index contributed by atoms with van der Waals surface area (Å²) in [6.07, 6.45) is -4.76. The highest BCUT2D eigenvalue weighted by Gasteiger charge is 2.43. The van der Waals surface area contributed by atoms with E-state index in [1.807, 2.05) is 0 Å². The minimum absolute atomic E-state index is 0.00369. The minimum atomic E-state index is -4.76. The van der Waals surface area contributed by atoms with Gasteiger partial charge in [0.2, 0.25) is 0 Å². The van der Waals surface area contributed by atoms with Crippen LogP contribution in [-0.2, 0) is 18.1 Å². The molecule has 0 saturated heterocycles. The quantitative estimate of drug-likeness (QED) is 0.361. The molecule has 0 fully saturated rings. The Morgan fingerprint density at radius 2 is 1.32 bits per heavy atom. The van der Waals surface area contributed by atoms with Gasteiger partial charge in [0, 0.05) is 11.1 Å². The average molecular weight is 387 g/mol. The molecule has 0 aliphatic rings. The van der Waals surface area contributed by atoms with Crippen LogP contribution in [0.15, 0.2) is 72.8 Å². The van der Waals surface area contributed by atoms with Crippen molar-refractivity contribution < 1.29 is 22.0 Å². The van der Waals surface area contributed by atoms with Gasteiger partial charge in [-0.2, -0.15) is 13.2 Å². The predicted molar refractivity (Wildman–Crippen MR) is 95.3 cm³/mol. The van der Waals surface area contributed by atoms with Gasteiger partial charge in [0.05, 0.1) is 12.0 Å². The van der Waals surface area contributed by atoms with Crippen molar-refractivity contribution in [3.8, 4) is 0 Å². The Bertz CT molecular complexity index is 1000. The summed E-state index contributed by atoms with van der Waals surface area (Å²) < 4.78 is 67.2. The molecule has 142 valence electrons. The van der Waals surface area contributed by atoms with Crippen molar-refractivity contribution in [2.75, 3.05) is 0 Å². The van der Waals surface area contributed by atoms with E-state index in [2.05, 4.69) is 4.85 Å². The van der Waals surface area contributed by atoms with Gasteiger partial charge in [-0.1, -0.05) is 30.3 Å². The molecule has 0 aliphatic carbocycles. The molecule has 1 nitrogen and oxygen atoms in total. The van der Waals surface area contributed by atoms with E-state index in [4.69, 9.17) is 6.57 Å². The molecule has 0 unspecified atom stereocenters. The number of benzene rings is 3. The fourth-order valence-corrected chi connectivity index (χ4v) is 3.15. The molecule has 0 saturated carbocycles. The summed E-state index contributed by atoms with van der Waals surface area (Å²) in [4.78, 5) is 3.64. The largest absolute Gasteiger partial charge is 0.416 e. The van der Waals surface area contributed by atoms with Crippen molar-refractivity contribution in [2.24, 2.45) is 0 Å². The third-order valence-electron chi connectivity index (χ3n) is 4.52. The minimum Gasteiger partial charge on any atom is -0.300 e. The third kappa shape index (κ3) is 3.89. The molecule has 0 aromatic heterocycles. The molecule has 1 atom stereocenters. The van der Waals surface area contributed by atoms with Crippen LogP contribution in [-0.4, -0.2) is 0 Å². The zero-order valence-electron chi connectivity index (χ0n) is 14.5. The molecule has 0 heterocycles. The molecule has 3 aromatic rings. The lowest BCUT2D eigenvalue weighted by Gasteiger charge is -2.24. The molecule has 0 radical (unpaired) electrons. The molecular formula is C22H14F5N. The molecule has 3 rings (SSSR count). The Hall–Kier alpha value is -3.20. The fraction of sp³-hybridized carbons (Fsp3) is 0.136. The SMILES string of the molecule is [C-]#[N+][C@](Cc1ccccc1)(c1ccc(F)cc1)c1cc(F)cc(C(F)(F)F)c1. The summed E-state index contributed by atoms with van der Waals surface area (Å²) in [6, 6.07) is 15.8. The third-order valence-corrected chi connectivity index (χ3v) is 4.52. The van der Waals surface area contributed by atoms with Crippen molar-refractivity contribution in [3.63, 3.8) is 0 Å². The number of nitrogens with zero attached hydrogens (tertiary/aromatic N) is 1. The van der Waals surface area contributed by atoms with Gasteiger partial charge < -0.3 is 0 Å². The monoisotopic (exact) mass is 387 g/mol. The van der Waals surface area contributed by atoms with Crippen molar-refractivity contribution in [3.05, 3.63) is 118 Å². The second kappa shape index (κ2) is 7.43. The summed E-state index contributed by atoms with van der Waals surface area (Å²) in [5.41, 5.74) is -1.99. The van der Waals surface area contributed by atoms with Crippen LogP contribution in [0.5, 0.6) is 0 Å². The zero-order chi connectivity index (χ0) is 20.4. The van der Waals surface area contributed by atoms with E-state index in [0.717, 1.165) is 24.3 Å². The first-order valence-corrected chi connectivity index (χ1v) is 8.31. The van der Waals surface area contributed by atoms with E-state index in [1.54, 1.807) is 30.3 Å². The maximum Gasteiger partial charge on any atom is 0.416 e. The topological polar surface area (TPSA) is 4.36 Å². The van der Waals surface area contributed by atoms with Crippen LogP contribution in [0.1, 0.15) is 22.3 Å². The van der Waals surface area contributed by atoms with E-state index in [9.17, 15) is 22.0 Å². The lowest BCUT2D eigenvalue weighted by Crippen LogP contribution is -2.27. The molecule has 0 spiro atoms. The first-order chi connectivity index (χ1) is 13.2. The van der Waals surface area contributed by atoms with Gasteiger partial charge in [-0.25, -0.2) is 15.4 Å². The highest BCUT2D eigenvalue weighted by atomic mass is 19.4. The molecule has 6 heteroatoms. The summed E-state index contributed by atoms with van der Waals surface area (Å²) in [6.45, 7) is 7.81. The van der Waals surface area contributed by atoms with Gasteiger partial charge in [-0.05, 0) is 48.0 Å². The van der Waals surface area contributed by atoms with Crippen LogP contribution in [0.2, 0.25) is 0 Å². The predicted octanol–water partition coefficient (Wildman–Crippen LogP) is 6.39. The van der Waals surface area contributed by atoms with E-state index in [1.165, 1.54) is 12.1 Å². The zero-order valence-corrected chi connectivity index (χ0v) is 14.5. The molecular weight excluding hydrogens is 373 g/mol. The fourth-order valence-electron chi connectivity index (χ4n) is 3.15. The van der Waals surface area contributed by atoms with Crippen LogP contribution >= 0.6 is 0 Å². The smallest absolute Gasteiger partial charge is 0.300 e. The molecule has 0 bridgehead atoms. The van der Waals surface area contributed by atoms with E-state index < -0.39 is 28.9 Å². The Morgan fingerprint density at radius 3 is 1.89 bits per heavy atom. The van der Waals surface area contributed by atoms with Crippen molar-refractivity contribution in [1.29, 1.82) is 0 Å². The van der Waals surface area contributed by atoms with Crippen molar-refractivity contribution in [2.45, 2.75) is 18.1 Å². The second-order valence-electron chi connectivity index (χ2n) is 6.37. The number of hydrogen-bond acceptors (Lipinski definition) is 0. The van der Waals surface area contributed by atoms with Gasteiger partial charge >= 0.3 is 6.18 Å². The maximum atomic E-state index is 14.1. The standard InChI is InChI=1S/C22H14F5N/c1-28-21(14-15-5-3-2-4-6-15,16-7-9-19(23)10-8-16)17-11-18(22(25,26)27)13-20(24)12-17/h2-13H,14H2/t21-/m1/s1. The number of halogens is 5. The van der Waals surface area contributed by atoms with Gasteiger partial charge in [0.15, 0.2) is 0 Å². The van der Waals surface area contributed by atoms with E-state index >= 15 is 0 Å². The number of hydrogen-bond donors (Lipinski definition) is 0. The molecule has 0 aliphatic heterocycles.